The van der Waals surface area contributed by atoms with Crippen molar-refractivity contribution in [3.63, 3.8) is 0 Å². The molecule has 7 heteroatoms. The standard InChI is InChI=1S/C25H18N2O5/c28-21-17-10-4-5-11-18(17)22(29)26(21)14-25(32,16-8-2-1-3-9-16)15-27-23(30)19-12-6-7-13-20(19)24(27)31/h1-13,32H,14-15H2. The predicted molar refractivity (Wildman–Crippen MR) is 114 cm³/mol. The zero-order chi connectivity index (χ0) is 22.5. The van der Waals surface area contributed by atoms with E-state index >= 15 is 0 Å². The van der Waals surface area contributed by atoms with E-state index in [0.29, 0.717) is 5.56 Å². The lowest BCUT2D eigenvalue weighted by molar-refractivity contribution is -0.0137. The summed E-state index contributed by atoms with van der Waals surface area (Å²) in [5.41, 5.74) is -0.445. The third-order valence-electron chi connectivity index (χ3n) is 5.91. The van der Waals surface area contributed by atoms with Crippen molar-refractivity contribution in [1.82, 2.24) is 9.80 Å². The van der Waals surface area contributed by atoms with Crippen molar-refractivity contribution in [1.29, 1.82) is 0 Å². The fourth-order valence-electron chi connectivity index (χ4n) is 4.27. The van der Waals surface area contributed by atoms with Crippen molar-refractivity contribution in [3.8, 4) is 0 Å². The second-order valence-corrected chi connectivity index (χ2v) is 7.88. The van der Waals surface area contributed by atoms with Crippen molar-refractivity contribution >= 4 is 23.6 Å². The van der Waals surface area contributed by atoms with Gasteiger partial charge in [-0.2, -0.15) is 0 Å². The first-order valence-corrected chi connectivity index (χ1v) is 10.1. The SMILES string of the molecule is O=C1c2ccccc2C(=O)N1CC(O)(CN1C(=O)c2ccccc2C1=O)c1ccccc1. The number of carbonyl (C=O) groups excluding carboxylic acids is 4. The van der Waals surface area contributed by atoms with Crippen molar-refractivity contribution in [2.45, 2.75) is 5.60 Å². The zero-order valence-corrected chi connectivity index (χ0v) is 16.9. The van der Waals surface area contributed by atoms with E-state index in [1.165, 1.54) is 0 Å². The summed E-state index contributed by atoms with van der Waals surface area (Å²) < 4.78 is 0. The van der Waals surface area contributed by atoms with Gasteiger partial charge in [0.25, 0.3) is 23.6 Å². The average Bonchev–Trinajstić information content (AvgIpc) is 3.21. The van der Waals surface area contributed by atoms with Crippen LogP contribution in [0.4, 0.5) is 0 Å². The van der Waals surface area contributed by atoms with Gasteiger partial charge in [0.15, 0.2) is 0 Å². The summed E-state index contributed by atoms with van der Waals surface area (Å²) in [5, 5.41) is 11.7. The second-order valence-electron chi connectivity index (χ2n) is 7.88. The molecule has 0 spiro atoms. The van der Waals surface area contributed by atoms with Crippen LogP contribution in [0.25, 0.3) is 0 Å². The molecule has 158 valence electrons. The molecule has 2 heterocycles. The van der Waals surface area contributed by atoms with Crippen LogP contribution in [-0.4, -0.2) is 51.6 Å². The molecule has 2 aliphatic rings. The Bertz CT molecular complexity index is 1140. The van der Waals surface area contributed by atoms with Gasteiger partial charge in [-0.3, -0.25) is 29.0 Å². The molecule has 0 radical (unpaired) electrons. The first-order valence-electron chi connectivity index (χ1n) is 10.1. The van der Waals surface area contributed by atoms with E-state index in [4.69, 9.17) is 0 Å². The Morgan fingerprint density at radius 3 is 1.19 bits per heavy atom. The van der Waals surface area contributed by atoms with E-state index in [0.717, 1.165) is 9.80 Å². The van der Waals surface area contributed by atoms with Crippen LogP contribution in [0.1, 0.15) is 47.0 Å². The van der Waals surface area contributed by atoms with Crippen LogP contribution in [0, 0.1) is 0 Å². The summed E-state index contributed by atoms with van der Waals surface area (Å²) in [7, 11) is 0. The Morgan fingerprint density at radius 2 is 0.844 bits per heavy atom. The van der Waals surface area contributed by atoms with Gasteiger partial charge in [0.05, 0.1) is 35.3 Å². The highest BCUT2D eigenvalue weighted by molar-refractivity contribution is 6.22. The Labute approximate surface area is 183 Å². The molecule has 0 unspecified atom stereocenters. The molecule has 0 bridgehead atoms. The molecular formula is C25H18N2O5. The fourth-order valence-corrected chi connectivity index (χ4v) is 4.27. The lowest BCUT2D eigenvalue weighted by atomic mass is 9.92. The predicted octanol–water partition coefficient (Wildman–Crippen LogP) is 2.47. The van der Waals surface area contributed by atoms with Crippen molar-refractivity contribution in [2.75, 3.05) is 13.1 Å². The molecule has 5 rings (SSSR count). The summed E-state index contributed by atoms with van der Waals surface area (Å²) >= 11 is 0. The highest BCUT2D eigenvalue weighted by atomic mass is 16.3. The van der Waals surface area contributed by atoms with Crippen molar-refractivity contribution in [3.05, 3.63) is 107 Å². The van der Waals surface area contributed by atoms with Crippen molar-refractivity contribution in [2.24, 2.45) is 0 Å². The Morgan fingerprint density at radius 1 is 0.531 bits per heavy atom. The molecule has 3 aromatic carbocycles. The molecule has 2 aliphatic heterocycles. The van der Waals surface area contributed by atoms with Gasteiger partial charge >= 0.3 is 0 Å². The van der Waals surface area contributed by atoms with Gasteiger partial charge in [-0.1, -0.05) is 54.6 Å². The quantitative estimate of drug-likeness (QED) is 0.633. The number of rotatable bonds is 5. The molecule has 0 fully saturated rings. The monoisotopic (exact) mass is 426 g/mol. The molecule has 7 nitrogen and oxygen atoms in total. The number of aliphatic hydroxyl groups is 1. The zero-order valence-electron chi connectivity index (χ0n) is 16.9. The maximum absolute atomic E-state index is 12.9. The van der Waals surface area contributed by atoms with Gasteiger partial charge in [-0.15, -0.1) is 0 Å². The van der Waals surface area contributed by atoms with Crippen LogP contribution in [0.15, 0.2) is 78.9 Å². The molecule has 0 saturated carbocycles. The summed E-state index contributed by atoms with van der Waals surface area (Å²) in [5.74, 6) is -2.10. The third-order valence-corrected chi connectivity index (χ3v) is 5.91. The number of hydrogen-bond donors (Lipinski definition) is 1. The Balaban J connectivity index is 1.52. The van der Waals surface area contributed by atoms with E-state index in [2.05, 4.69) is 0 Å². The number of imide groups is 2. The maximum Gasteiger partial charge on any atom is 0.261 e. The van der Waals surface area contributed by atoms with E-state index in [1.807, 2.05) is 0 Å². The van der Waals surface area contributed by atoms with Gasteiger partial charge in [0, 0.05) is 0 Å². The number of fused-ring (bicyclic) bond motifs is 2. The molecule has 0 aliphatic carbocycles. The fraction of sp³-hybridized carbons (Fsp3) is 0.120. The van der Waals surface area contributed by atoms with Crippen molar-refractivity contribution < 1.29 is 24.3 Å². The lowest BCUT2D eigenvalue weighted by Crippen LogP contribution is -2.51. The van der Waals surface area contributed by atoms with Gasteiger partial charge in [0.1, 0.15) is 5.60 Å². The summed E-state index contributed by atoms with van der Waals surface area (Å²) in [6.45, 7) is -0.812. The maximum atomic E-state index is 12.9. The van der Waals surface area contributed by atoms with Gasteiger partial charge < -0.3 is 5.11 Å². The van der Waals surface area contributed by atoms with E-state index in [-0.39, 0.29) is 22.3 Å². The van der Waals surface area contributed by atoms with E-state index in [9.17, 15) is 24.3 Å². The second kappa shape index (κ2) is 7.25. The number of β-amino-alcohol motifs (C(OH)–C–C–N with tert-alkyl or cyclic N) is 1. The van der Waals surface area contributed by atoms with Crippen LogP contribution >= 0.6 is 0 Å². The molecule has 0 atom stereocenters. The molecule has 3 aromatic rings. The largest absolute Gasteiger partial charge is 0.381 e. The number of hydrogen-bond acceptors (Lipinski definition) is 5. The highest BCUT2D eigenvalue weighted by Gasteiger charge is 2.46. The number of nitrogens with zero attached hydrogens (tertiary/aromatic N) is 2. The van der Waals surface area contributed by atoms with Crippen LogP contribution < -0.4 is 0 Å². The molecule has 1 N–H and O–H groups in total. The minimum absolute atomic E-state index is 0.258. The highest BCUT2D eigenvalue weighted by Crippen LogP contribution is 2.32. The minimum Gasteiger partial charge on any atom is -0.381 e. The molecule has 32 heavy (non-hydrogen) atoms. The average molecular weight is 426 g/mol. The number of benzene rings is 3. The third kappa shape index (κ3) is 2.94. The van der Waals surface area contributed by atoms with Gasteiger partial charge in [-0.25, -0.2) is 0 Å². The normalized spacial score (nSPS) is 15.4. The van der Waals surface area contributed by atoms with Gasteiger partial charge in [-0.05, 0) is 29.8 Å². The number of carbonyl (C=O) groups is 4. The number of amides is 4. The molecular weight excluding hydrogens is 408 g/mol. The first kappa shape index (κ1) is 19.8. The smallest absolute Gasteiger partial charge is 0.261 e. The molecule has 0 aromatic heterocycles. The first-order chi connectivity index (χ1) is 15.4. The lowest BCUT2D eigenvalue weighted by Gasteiger charge is -2.34. The Hall–Kier alpha value is -4.10. The molecule has 4 amide bonds. The van der Waals surface area contributed by atoms with Crippen LogP contribution in [0.5, 0.6) is 0 Å². The summed E-state index contributed by atoms with van der Waals surface area (Å²) in [6, 6.07) is 21.3. The van der Waals surface area contributed by atoms with E-state index < -0.39 is 42.3 Å². The van der Waals surface area contributed by atoms with E-state index in [1.54, 1.807) is 78.9 Å². The van der Waals surface area contributed by atoms with Crippen LogP contribution in [0.3, 0.4) is 0 Å². The van der Waals surface area contributed by atoms with Gasteiger partial charge in [0.2, 0.25) is 0 Å². The van der Waals surface area contributed by atoms with Crippen LogP contribution in [0.2, 0.25) is 0 Å². The summed E-state index contributed by atoms with van der Waals surface area (Å²) in [6.07, 6.45) is 0. The topological polar surface area (TPSA) is 95.0 Å². The minimum atomic E-state index is -1.86. The van der Waals surface area contributed by atoms with Crippen LogP contribution in [-0.2, 0) is 5.60 Å². The summed E-state index contributed by atoms with van der Waals surface area (Å²) in [4.78, 5) is 53.6. The Kier molecular flexibility index (Phi) is 4.49. The molecule has 0 saturated heterocycles.